The molecule has 2 aliphatic carbocycles. The third kappa shape index (κ3) is 6.04. The van der Waals surface area contributed by atoms with Crippen LogP contribution in [0, 0.1) is 17.8 Å². The quantitative estimate of drug-likeness (QED) is 0.345. The van der Waals surface area contributed by atoms with Gasteiger partial charge in [0, 0.05) is 24.5 Å². The number of carbonyl (C=O) groups is 1. The first-order valence-electron chi connectivity index (χ1n) is 13.5. The summed E-state index contributed by atoms with van der Waals surface area (Å²) >= 11 is 0. The van der Waals surface area contributed by atoms with Crippen molar-refractivity contribution in [1.82, 2.24) is 19.7 Å². The van der Waals surface area contributed by atoms with Crippen LogP contribution in [0.4, 0.5) is 11.5 Å². The third-order valence-corrected chi connectivity index (χ3v) is 7.63. The van der Waals surface area contributed by atoms with Gasteiger partial charge in [-0.1, -0.05) is 13.8 Å². The summed E-state index contributed by atoms with van der Waals surface area (Å²) in [6, 6.07) is 3.94. The Morgan fingerprint density at radius 3 is 2.65 bits per heavy atom. The van der Waals surface area contributed by atoms with Gasteiger partial charge in [-0.2, -0.15) is 5.10 Å². The van der Waals surface area contributed by atoms with Crippen LogP contribution in [0.5, 0.6) is 0 Å². The summed E-state index contributed by atoms with van der Waals surface area (Å²) in [5, 5.41) is 21.7. The molecule has 0 atom stereocenters. The number of aliphatic hydroxyl groups is 1. The van der Waals surface area contributed by atoms with Crippen molar-refractivity contribution < 1.29 is 14.3 Å². The van der Waals surface area contributed by atoms with Crippen LogP contribution in [0.1, 0.15) is 88.4 Å². The van der Waals surface area contributed by atoms with Gasteiger partial charge in [-0.25, -0.2) is 9.97 Å². The van der Waals surface area contributed by atoms with E-state index in [0.717, 1.165) is 55.4 Å². The summed E-state index contributed by atoms with van der Waals surface area (Å²) in [4.78, 5) is 21.9. The lowest BCUT2D eigenvalue weighted by atomic mass is 9.80. The standard InChI is InChI=1S/C28H38N6O3/c1-17(2)19-7-9-21(10-8-19)34-15-22(25(33-34)28(3,4)36)31-26(35)23-16-37-27(32-23)20-11-12-29-24(13-20)30-14-18-5-6-18/h11-13,15-19,21,36H,5-10,14H2,1-4H3,(H,29,30)(H,31,35). The lowest BCUT2D eigenvalue weighted by Crippen LogP contribution is -2.23. The van der Waals surface area contributed by atoms with Crippen molar-refractivity contribution in [2.45, 2.75) is 77.9 Å². The molecule has 198 valence electrons. The smallest absolute Gasteiger partial charge is 0.277 e. The van der Waals surface area contributed by atoms with E-state index in [1.165, 1.54) is 19.1 Å². The molecule has 37 heavy (non-hydrogen) atoms. The minimum atomic E-state index is -1.21. The highest BCUT2D eigenvalue weighted by atomic mass is 16.3. The van der Waals surface area contributed by atoms with Crippen LogP contribution >= 0.6 is 0 Å². The predicted octanol–water partition coefficient (Wildman–Crippen LogP) is 5.62. The van der Waals surface area contributed by atoms with Crippen LogP contribution in [0.15, 0.2) is 35.2 Å². The van der Waals surface area contributed by atoms with E-state index in [0.29, 0.717) is 23.2 Å². The molecule has 0 unspecified atom stereocenters. The topological polar surface area (TPSA) is 118 Å². The average Bonchev–Trinajstić information content (AvgIpc) is 3.38. The van der Waals surface area contributed by atoms with Gasteiger partial charge in [0.05, 0.1) is 11.7 Å². The Morgan fingerprint density at radius 2 is 1.97 bits per heavy atom. The van der Waals surface area contributed by atoms with Gasteiger partial charge >= 0.3 is 0 Å². The van der Waals surface area contributed by atoms with Crippen LogP contribution in [0.2, 0.25) is 0 Å². The second-order valence-electron chi connectivity index (χ2n) is 11.5. The maximum Gasteiger partial charge on any atom is 0.277 e. The van der Waals surface area contributed by atoms with Crippen molar-refractivity contribution in [2.75, 3.05) is 17.2 Å². The molecule has 0 spiro atoms. The Kier molecular flexibility index (Phi) is 7.07. The van der Waals surface area contributed by atoms with E-state index >= 15 is 0 Å². The van der Waals surface area contributed by atoms with Crippen LogP contribution < -0.4 is 10.6 Å². The average molecular weight is 507 g/mol. The Labute approximate surface area is 218 Å². The molecule has 0 saturated heterocycles. The first kappa shape index (κ1) is 25.4. The molecule has 1 amide bonds. The molecule has 9 nitrogen and oxygen atoms in total. The van der Waals surface area contributed by atoms with Crippen LogP contribution in [0.25, 0.3) is 11.5 Å². The van der Waals surface area contributed by atoms with Crippen molar-refractivity contribution in [1.29, 1.82) is 0 Å². The number of nitrogens with zero attached hydrogens (tertiary/aromatic N) is 4. The van der Waals surface area contributed by atoms with Gasteiger partial charge in [0.25, 0.3) is 5.91 Å². The highest BCUT2D eigenvalue weighted by Gasteiger charge is 2.30. The first-order chi connectivity index (χ1) is 17.7. The number of nitrogens with one attached hydrogen (secondary N) is 2. The number of hydrogen-bond donors (Lipinski definition) is 3. The molecule has 2 fully saturated rings. The van der Waals surface area contributed by atoms with E-state index in [1.54, 1.807) is 26.1 Å². The van der Waals surface area contributed by atoms with Gasteiger partial charge in [0.1, 0.15) is 23.4 Å². The number of amides is 1. The number of carbonyl (C=O) groups excluding carboxylic acids is 1. The zero-order chi connectivity index (χ0) is 26.2. The summed E-state index contributed by atoms with van der Waals surface area (Å²) in [5.41, 5.74) is 0.624. The summed E-state index contributed by atoms with van der Waals surface area (Å²) < 4.78 is 7.55. The number of hydrogen-bond acceptors (Lipinski definition) is 7. The Balaban J connectivity index is 1.29. The summed E-state index contributed by atoms with van der Waals surface area (Å²) in [6.45, 7) is 8.84. The maximum absolute atomic E-state index is 13.1. The number of anilines is 2. The van der Waals surface area contributed by atoms with Crippen molar-refractivity contribution in [2.24, 2.45) is 17.8 Å². The zero-order valence-electron chi connectivity index (χ0n) is 22.2. The molecule has 0 radical (unpaired) electrons. The minimum absolute atomic E-state index is 0.159. The van der Waals surface area contributed by atoms with Crippen molar-refractivity contribution >= 4 is 17.4 Å². The number of oxazole rings is 1. The van der Waals surface area contributed by atoms with E-state index in [9.17, 15) is 9.90 Å². The van der Waals surface area contributed by atoms with E-state index in [2.05, 4.69) is 34.4 Å². The fraction of sp³-hybridized carbons (Fsp3) is 0.571. The lowest BCUT2D eigenvalue weighted by Gasteiger charge is -2.31. The molecule has 3 aromatic heterocycles. The van der Waals surface area contributed by atoms with Crippen molar-refractivity contribution in [3.05, 3.63) is 42.2 Å². The minimum Gasteiger partial charge on any atom is -0.444 e. The van der Waals surface area contributed by atoms with Gasteiger partial charge < -0.3 is 20.2 Å². The van der Waals surface area contributed by atoms with Gasteiger partial charge in [-0.05, 0) is 82.3 Å². The molecule has 3 aromatic rings. The zero-order valence-corrected chi connectivity index (χ0v) is 22.2. The van der Waals surface area contributed by atoms with Crippen molar-refractivity contribution in [3.63, 3.8) is 0 Å². The Bertz CT molecular complexity index is 1230. The highest BCUT2D eigenvalue weighted by molar-refractivity contribution is 6.03. The summed E-state index contributed by atoms with van der Waals surface area (Å²) in [6.07, 6.45) is 11.8. The van der Waals surface area contributed by atoms with Gasteiger partial charge in [0.2, 0.25) is 5.89 Å². The van der Waals surface area contributed by atoms with E-state index in [4.69, 9.17) is 9.52 Å². The maximum atomic E-state index is 13.1. The SMILES string of the molecule is CC(C)C1CCC(n2cc(NC(=O)c3coc(-c4ccnc(NCC5CC5)c4)n3)c(C(C)(C)O)n2)CC1. The molecular weight excluding hydrogens is 468 g/mol. The number of pyridine rings is 1. The third-order valence-electron chi connectivity index (χ3n) is 7.63. The fourth-order valence-corrected chi connectivity index (χ4v) is 5.08. The number of aromatic nitrogens is 4. The second-order valence-corrected chi connectivity index (χ2v) is 11.5. The lowest BCUT2D eigenvalue weighted by molar-refractivity contribution is 0.0729. The Hall–Kier alpha value is -3.20. The van der Waals surface area contributed by atoms with Gasteiger partial charge in [-0.3, -0.25) is 9.48 Å². The highest BCUT2D eigenvalue weighted by Crippen LogP contribution is 2.37. The Morgan fingerprint density at radius 1 is 1.22 bits per heavy atom. The van der Waals surface area contributed by atoms with Crippen LogP contribution in [-0.4, -0.2) is 37.3 Å². The molecular formula is C28H38N6O3. The van der Waals surface area contributed by atoms with E-state index < -0.39 is 11.5 Å². The van der Waals surface area contributed by atoms with E-state index in [-0.39, 0.29) is 11.7 Å². The molecule has 2 aliphatic rings. The molecule has 9 heteroatoms. The predicted molar refractivity (Wildman–Crippen MR) is 142 cm³/mol. The molecule has 0 bridgehead atoms. The van der Waals surface area contributed by atoms with Crippen molar-refractivity contribution in [3.8, 4) is 11.5 Å². The largest absolute Gasteiger partial charge is 0.444 e. The molecule has 0 aliphatic heterocycles. The van der Waals surface area contributed by atoms with E-state index in [1.807, 2.05) is 16.9 Å². The monoisotopic (exact) mass is 506 g/mol. The van der Waals surface area contributed by atoms with Gasteiger partial charge in [-0.15, -0.1) is 0 Å². The molecule has 2 saturated carbocycles. The molecule has 3 heterocycles. The molecule has 0 aromatic carbocycles. The van der Waals surface area contributed by atoms with Crippen LogP contribution in [-0.2, 0) is 5.60 Å². The number of rotatable bonds is 9. The molecule has 5 rings (SSSR count). The second kappa shape index (κ2) is 10.3. The summed E-state index contributed by atoms with van der Waals surface area (Å²) in [7, 11) is 0. The summed E-state index contributed by atoms with van der Waals surface area (Å²) in [5.74, 6) is 2.86. The van der Waals surface area contributed by atoms with Crippen LogP contribution in [0.3, 0.4) is 0 Å². The molecule has 3 N–H and O–H groups in total. The normalized spacial score (nSPS) is 20.3. The fourth-order valence-electron chi connectivity index (χ4n) is 5.08. The van der Waals surface area contributed by atoms with Gasteiger partial charge in [0.15, 0.2) is 5.69 Å². The first-order valence-corrected chi connectivity index (χ1v) is 13.5.